The summed E-state index contributed by atoms with van der Waals surface area (Å²) in [6, 6.07) is 0. The fraction of sp³-hybridized carbons (Fsp3) is 0. The Morgan fingerprint density at radius 2 is 1.20 bits per heavy atom. The van der Waals surface area contributed by atoms with Gasteiger partial charge in [-0.25, -0.2) is 0 Å². The number of hydrogen-bond acceptors (Lipinski definition) is 0. The molecule has 3 heteroatoms. The molecule has 0 rings (SSSR count). The zero-order valence-electron chi connectivity index (χ0n) is 2.93. The first-order valence-corrected chi connectivity index (χ1v) is 1.93. The van der Waals surface area contributed by atoms with Crippen molar-refractivity contribution in [3.63, 3.8) is 0 Å². The van der Waals surface area contributed by atoms with Gasteiger partial charge in [0, 0.05) is 18.6 Å². The average Bonchev–Trinajstić information content (AvgIpc) is 1.00. The van der Waals surface area contributed by atoms with E-state index in [1.807, 2.05) is 0 Å². The van der Waals surface area contributed by atoms with Crippen LogP contribution in [0.4, 0.5) is 0 Å². The minimum Gasteiger partial charge on any atom is -0.358 e. The van der Waals surface area contributed by atoms with Gasteiger partial charge in [-0.3, -0.25) is 0 Å². The maximum atomic E-state index is 4.58. The Morgan fingerprint density at radius 3 is 1.20 bits per heavy atom. The van der Waals surface area contributed by atoms with Gasteiger partial charge in [0.2, 0.25) is 0 Å². The third-order valence-electron chi connectivity index (χ3n) is 0. The van der Waals surface area contributed by atoms with Crippen LogP contribution in [-0.4, -0.2) is 4.90 Å². The smallest absolute Gasteiger partial charge is 0.358 e. The van der Waals surface area contributed by atoms with E-state index in [0.717, 1.165) is 19.4 Å². The molecule has 27 valence electrons. The summed E-state index contributed by atoms with van der Waals surface area (Å²) in [6.07, 6.45) is 0. The normalized spacial score (nSPS) is 0.800. The van der Waals surface area contributed by atoms with E-state index in [1.54, 1.807) is 0 Å². The van der Waals surface area contributed by atoms with Gasteiger partial charge in [-0.05, 0) is 0 Å². The summed E-state index contributed by atoms with van der Waals surface area (Å²) < 4.78 is 0. The number of hydrogen-bond donors (Lipinski definition) is 0. The van der Waals surface area contributed by atoms with Crippen molar-refractivity contribution in [3.05, 3.63) is 7.43 Å². The fourth-order valence-electron chi connectivity index (χ4n) is 0. The molecule has 0 N–H and O–H groups in total. The molecule has 1 radical (unpaired) electrons. The van der Waals surface area contributed by atoms with Gasteiger partial charge in [0.25, 0.3) is 0 Å². The van der Waals surface area contributed by atoms with E-state index in [2.05, 4.69) is 4.90 Å². The van der Waals surface area contributed by atoms with E-state index in [4.69, 9.17) is 0 Å². The fourth-order valence-corrected chi connectivity index (χ4v) is 0. The zero-order valence-corrected chi connectivity index (χ0v) is 11.4. The first kappa shape index (κ1) is 27.1. The van der Waals surface area contributed by atoms with Crippen LogP contribution in [0.25, 0.3) is 0 Å². The molecule has 0 fully saturated rings. The van der Waals surface area contributed by atoms with Crippen LogP contribution in [0.15, 0.2) is 0 Å². The Hall–Kier alpha value is 2.19. The predicted molar refractivity (Wildman–Crippen MR) is 12.5 cm³/mol. The van der Waals surface area contributed by atoms with Gasteiger partial charge in [0.15, 0.2) is 0 Å². The van der Waals surface area contributed by atoms with E-state index in [1.165, 1.54) is 0 Å². The molecule has 0 saturated carbocycles. The molecule has 0 aliphatic carbocycles. The Kier molecular flexibility index (Phi) is 188. The summed E-state index contributed by atoms with van der Waals surface area (Å²) in [7, 11) is 0. The van der Waals surface area contributed by atoms with Crippen LogP contribution in [0.1, 0.15) is 0 Å². The largest absolute Gasteiger partial charge is 2.00 e. The topological polar surface area (TPSA) is 0 Å². The van der Waals surface area contributed by atoms with Gasteiger partial charge >= 0.3 is 55.4 Å². The quantitative estimate of drug-likeness (QED) is 0.420. The van der Waals surface area contributed by atoms with Gasteiger partial charge in [-0.15, -0.1) is 0 Å². The minimum absolute atomic E-state index is 0. The van der Waals surface area contributed by atoms with E-state index in [-0.39, 0.29) is 57.1 Å². The average molecular weight is 501 g/mol. The van der Waals surface area contributed by atoms with E-state index in [0.29, 0.717) is 0 Å². The molecule has 0 saturated heterocycles. The first-order chi connectivity index (χ1) is 1.00. The predicted octanol–water partition coefficient (Wildman–Crippen LogP) is 0.290. The van der Waals surface area contributed by atoms with Crippen LogP contribution < -0.4 is 0 Å². The van der Waals surface area contributed by atoms with Crippen LogP contribution >= 0.6 is 0 Å². The van der Waals surface area contributed by atoms with Crippen molar-refractivity contribution in [2.24, 2.45) is 0 Å². The molecule has 0 aliphatic rings. The summed E-state index contributed by atoms with van der Waals surface area (Å²) in [6.45, 7) is 0. The molecule has 0 bridgehead atoms. The second-order valence-electron chi connectivity index (χ2n) is 0. The second-order valence-corrected chi connectivity index (χ2v) is 0. The van der Waals surface area contributed by atoms with Crippen LogP contribution in [0.3, 0.4) is 0 Å². The molecule has 5 heavy (non-hydrogen) atoms. The standard InChI is InChI=1S/CH3.CH.U.V.W/h1H3;1H;;;/q2*-1;+2;;. The van der Waals surface area contributed by atoms with Gasteiger partial charge in [-0.1, -0.05) is 0 Å². The Morgan fingerprint density at radius 1 is 1.20 bits per heavy atom. The van der Waals surface area contributed by atoms with Crippen LogP contribution in [0.2, 0.25) is 0 Å². The van der Waals surface area contributed by atoms with Gasteiger partial charge in [-0.2, -0.15) is 0 Å². The molecule has 0 unspecified atom stereocenters. The SMILES string of the molecule is [CH-]=[W].[CH3-].[U+2].[V]. The summed E-state index contributed by atoms with van der Waals surface area (Å²) in [5.41, 5.74) is 0. The maximum Gasteiger partial charge on any atom is 2.00 e. The van der Waals surface area contributed by atoms with Gasteiger partial charge < -0.3 is 7.43 Å². The van der Waals surface area contributed by atoms with Crippen molar-refractivity contribution in [1.29, 1.82) is 0 Å². The minimum atomic E-state index is 0. The molecule has 0 aromatic heterocycles. The Bertz CT molecular complexity index is 9.61. The van der Waals surface area contributed by atoms with Crippen molar-refractivity contribution in [3.8, 4) is 0 Å². The van der Waals surface area contributed by atoms with Crippen molar-refractivity contribution < 1.29 is 69.0 Å². The van der Waals surface area contributed by atoms with E-state index >= 15 is 0 Å². The van der Waals surface area contributed by atoms with Crippen molar-refractivity contribution >= 4 is 4.90 Å². The summed E-state index contributed by atoms with van der Waals surface area (Å²) in [5, 5.41) is 0. The van der Waals surface area contributed by atoms with Crippen molar-refractivity contribution in [2.75, 3.05) is 0 Å². The van der Waals surface area contributed by atoms with E-state index < -0.39 is 0 Å². The summed E-state index contributed by atoms with van der Waals surface area (Å²) >= 11 is 1.08. The van der Waals surface area contributed by atoms with E-state index in [9.17, 15) is 0 Å². The molecular weight excluding hydrogens is 497 g/mol. The zero-order chi connectivity index (χ0) is 2.00. The third-order valence-corrected chi connectivity index (χ3v) is 0. The Balaban J connectivity index is -0.00000000167. The molecule has 0 heterocycles. The van der Waals surface area contributed by atoms with Crippen LogP contribution in [-0.2, 0) is 37.9 Å². The molecule has 0 aromatic rings. The second kappa shape index (κ2) is 34.7. The molecular formula is C2H4UVW. The van der Waals surface area contributed by atoms with Crippen LogP contribution in [0, 0.1) is 38.5 Å². The first-order valence-electron chi connectivity index (χ1n) is 0.236. The molecule has 0 amide bonds. The monoisotopic (exact) mass is 501 g/mol. The van der Waals surface area contributed by atoms with Crippen LogP contribution in [0.5, 0.6) is 0 Å². The van der Waals surface area contributed by atoms with Crippen molar-refractivity contribution in [2.45, 2.75) is 0 Å². The van der Waals surface area contributed by atoms with Gasteiger partial charge in [0.1, 0.15) is 0 Å². The summed E-state index contributed by atoms with van der Waals surface area (Å²) in [5.74, 6) is 0. The maximum absolute atomic E-state index is 4.58. The molecule has 0 aliphatic heterocycles. The third kappa shape index (κ3) is 22.6. The van der Waals surface area contributed by atoms with Gasteiger partial charge in [0.05, 0.1) is 0 Å². The molecule has 0 aromatic carbocycles. The molecule has 0 spiro atoms. The number of rotatable bonds is 0. The molecule has 0 atom stereocenters. The summed E-state index contributed by atoms with van der Waals surface area (Å²) in [4.78, 5) is 4.58. The van der Waals surface area contributed by atoms with Crippen molar-refractivity contribution in [1.82, 2.24) is 0 Å². The Labute approximate surface area is 80.2 Å². The molecule has 0 nitrogen and oxygen atoms in total.